The lowest BCUT2D eigenvalue weighted by atomic mass is 9.60. The van der Waals surface area contributed by atoms with Crippen molar-refractivity contribution >= 4 is 0 Å². The molecule has 2 unspecified atom stereocenters. The number of rotatable bonds is 3. The number of ether oxygens (including phenoxy) is 3. The van der Waals surface area contributed by atoms with Crippen molar-refractivity contribution in [1.29, 1.82) is 0 Å². The van der Waals surface area contributed by atoms with Gasteiger partial charge in [-0.3, -0.25) is 0 Å². The summed E-state index contributed by atoms with van der Waals surface area (Å²) < 4.78 is 17.6. The van der Waals surface area contributed by atoms with Gasteiger partial charge in [0.15, 0.2) is 0 Å². The largest absolute Gasteiger partial charge is 0.507 e. The van der Waals surface area contributed by atoms with Gasteiger partial charge in [0.2, 0.25) is 0 Å². The number of benzene rings is 2. The van der Waals surface area contributed by atoms with E-state index in [2.05, 4.69) is 12.1 Å². The van der Waals surface area contributed by atoms with Gasteiger partial charge in [-0.1, -0.05) is 18.9 Å². The van der Waals surface area contributed by atoms with Gasteiger partial charge in [-0.2, -0.15) is 0 Å². The molecule has 1 spiro atoms. The number of methoxy groups -OCH3 is 2. The van der Waals surface area contributed by atoms with Crippen molar-refractivity contribution in [3.63, 3.8) is 0 Å². The van der Waals surface area contributed by atoms with Crippen molar-refractivity contribution in [3.8, 4) is 23.0 Å². The Hall–Kier alpha value is -2.36. The highest BCUT2D eigenvalue weighted by Crippen LogP contribution is 2.65. The van der Waals surface area contributed by atoms with E-state index in [1.807, 2.05) is 18.2 Å². The second kappa shape index (κ2) is 6.33. The Morgan fingerprint density at radius 3 is 2.25 bits per heavy atom. The van der Waals surface area contributed by atoms with Crippen molar-refractivity contribution in [3.05, 3.63) is 47.5 Å². The summed E-state index contributed by atoms with van der Waals surface area (Å²) in [5, 5.41) is 10.9. The van der Waals surface area contributed by atoms with Crippen LogP contribution in [0.25, 0.3) is 0 Å². The highest BCUT2D eigenvalue weighted by molar-refractivity contribution is 5.53. The van der Waals surface area contributed by atoms with Crippen molar-refractivity contribution in [2.24, 2.45) is 5.92 Å². The molecule has 4 heteroatoms. The van der Waals surface area contributed by atoms with Crippen LogP contribution in [0.2, 0.25) is 0 Å². The quantitative estimate of drug-likeness (QED) is 0.784. The van der Waals surface area contributed by atoms with Crippen molar-refractivity contribution in [2.45, 2.75) is 56.0 Å². The third kappa shape index (κ3) is 2.30. The number of hydrogen-bond donors (Lipinski definition) is 1. The lowest BCUT2D eigenvalue weighted by Crippen LogP contribution is -2.51. The van der Waals surface area contributed by atoms with E-state index in [0.29, 0.717) is 11.7 Å². The number of phenolic OH excluding ortho intramolecular Hbond substituents is 1. The first kappa shape index (κ1) is 17.7. The monoisotopic (exact) mass is 380 g/mol. The molecule has 1 heterocycles. The molecule has 0 bridgehead atoms. The molecule has 2 aromatic carbocycles. The summed E-state index contributed by atoms with van der Waals surface area (Å²) in [6, 6.07) is 12.0. The predicted molar refractivity (Wildman–Crippen MR) is 107 cm³/mol. The van der Waals surface area contributed by atoms with Crippen LogP contribution >= 0.6 is 0 Å². The Labute approximate surface area is 166 Å². The topological polar surface area (TPSA) is 47.9 Å². The van der Waals surface area contributed by atoms with E-state index in [9.17, 15) is 5.11 Å². The first-order chi connectivity index (χ1) is 13.6. The molecule has 148 valence electrons. The highest BCUT2D eigenvalue weighted by Gasteiger charge is 2.61. The standard InChI is InChI=1S/C24H28O4/c1-26-16-7-9-18(20(25)14-16)24-13-5-6-22(24)23(11-3-4-12-23)19-10-8-17(27-2)15-21(19)28-24/h7-10,14-15,22,25H,3-6,11-13H2,1-2H3. The first-order valence-electron chi connectivity index (χ1n) is 10.4. The molecule has 0 amide bonds. The Balaban J connectivity index is 1.72. The van der Waals surface area contributed by atoms with Crippen LogP contribution in [-0.4, -0.2) is 19.3 Å². The molecule has 2 atom stereocenters. The maximum Gasteiger partial charge on any atom is 0.141 e. The Morgan fingerprint density at radius 1 is 0.893 bits per heavy atom. The molecule has 3 aliphatic rings. The minimum atomic E-state index is -0.486. The molecule has 4 nitrogen and oxygen atoms in total. The third-order valence-corrected chi connectivity index (χ3v) is 7.44. The number of fused-ring (bicyclic) bond motifs is 4. The summed E-state index contributed by atoms with van der Waals surface area (Å²) in [5.74, 6) is 3.06. The zero-order valence-electron chi connectivity index (χ0n) is 16.7. The van der Waals surface area contributed by atoms with Crippen LogP contribution in [0.5, 0.6) is 23.0 Å². The second-order valence-corrected chi connectivity index (χ2v) is 8.54. The molecule has 2 saturated carbocycles. The molecule has 0 radical (unpaired) electrons. The molecular weight excluding hydrogens is 352 g/mol. The summed E-state index contributed by atoms with van der Waals surface area (Å²) >= 11 is 0. The fourth-order valence-electron chi connectivity index (χ4n) is 6.33. The van der Waals surface area contributed by atoms with Gasteiger partial charge in [0.05, 0.1) is 14.2 Å². The zero-order chi connectivity index (χ0) is 19.4. The summed E-state index contributed by atoms with van der Waals surface area (Å²) in [6.45, 7) is 0. The van der Waals surface area contributed by atoms with Gasteiger partial charge in [-0.15, -0.1) is 0 Å². The Morgan fingerprint density at radius 2 is 1.57 bits per heavy atom. The van der Waals surface area contributed by atoms with Crippen LogP contribution in [-0.2, 0) is 11.0 Å². The van der Waals surface area contributed by atoms with Crippen LogP contribution in [0.15, 0.2) is 36.4 Å². The smallest absolute Gasteiger partial charge is 0.141 e. The van der Waals surface area contributed by atoms with Gasteiger partial charge >= 0.3 is 0 Å². The van der Waals surface area contributed by atoms with E-state index in [1.165, 1.54) is 31.2 Å². The summed E-state index contributed by atoms with van der Waals surface area (Å²) in [5.41, 5.74) is 1.87. The second-order valence-electron chi connectivity index (χ2n) is 8.54. The van der Waals surface area contributed by atoms with E-state index < -0.39 is 5.60 Å². The molecule has 5 rings (SSSR count). The lowest BCUT2D eigenvalue weighted by molar-refractivity contribution is -0.0365. The van der Waals surface area contributed by atoms with Gasteiger partial charge < -0.3 is 19.3 Å². The predicted octanol–water partition coefficient (Wildman–Crippen LogP) is 5.31. The lowest BCUT2D eigenvalue weighted by Gasteiger charge is -2.51. The molecule has 1 N–H and O–H groups in total. The number of aromatic hydroxyl groups is 1. The Bertz CT molecular complexity index is 899. The summed E-state index contributed by atoms with van der Waals surface area (Å²) in [4.78, 5) is 0. The van der Waals surface area contributed by atoms with Crippen LogP contribution in [0.3, 0.4) is 0 Å². The van der Waals surface area contributed by atoms with Gasteiger partial charge in [-0.25, -0.2) is 0 Å². The fraction of sp³-hybridized carbons (Fsp3) is 0.500. The van der Waals surface area contributed by atoms with Crippen LogP contribution in [0, 0.1) is 5.92 Å². The van der Waals surface area contributed by atoms with Gasteiger partial charge in [0, 0.05) is 34.6 Å². The van der Waals surface area contributed by atoms with Crippen LogP contribution in [0.4, 0.5) is 0 Å². The average Bonchev–Trinajstić information content (AvgIpc) is 3.36. The van der Waals surface area contributed by atoms with Crippen LogP contribution in [0.1, 0.15) is 56.1 Å². The number of hydrogen-bond acceptors (Lipinski definition) is 4. The minimum Gasteiger partial charge on any atom is -0.507 e. The van der Waals surface area contributed by atoms with Gasteiger partial charge in [-0.05, 0) is 50.3 Å². The van der Waals surface area contributed by atoms with Crippen molar-refractivity contribution < 1.29 is 19.3 Å². The van der Waals surface area contributed by atoms with Crippen molar-refractivity contribution in [2.75, 3.05) is 14.2 Å². The molecule has 2 aromatic rings. The van der Waals surface area contributed by atoms with Gasteiger partial charge in [0.25, 0.3) is 0 Å². The molecule has 2 fully saturated rings. The molecule has 28 heavy (non-hydrogen) atoms. The van der Waals surface area contributed by atoms with E-state index in [4.69, 9.17) is 14.2 Å². The van der Waals surface area contributed by atoms with Gasteiger partial charge in [0.1, 0.15) is 28.6 Å². The third-order valence-electron chi connectivity index (χ3n) is 7.44. The molecular formula is C24H28O4. The average molecular weight is 380 g/mol. The highest BCUT2D eigenvalue weighted by atomic mass is 16.5. The molecule has 0 aromatic heterocycles. The molecule has 0 saturated heterocycles. The Kier molecular flexibility index (Phi) is 4.01. The van der Waals surface area contributed by atoms with E-state index in [1.54, 1.807) is 20.3 Å². The SMILES string of the molecule is COc1ccc(C23CCCC2C2(CCCC2)c2ccc(OC)cc2O3)c(O)c1. The maximum atomic E-state index is 10.9. The minimum absolute atomic E-state index is 0.128. The number of phenols is 1. The molecule has 1 aliphatic heterocycles. The van der Waals surface area contributed by atoms with E-state index in [-0.39, 0.29) is 11.2 Å². The normalized spacial score (nSPS) is 27.1. The zero-order valence-corrected chi connectivity index (χ0v) is 16.7. The maximum absolute atomic E-state index is 10.9. The van der Waals surface area contributed by atoms with Crippen LogP contribution < -0.4 is 14.2 Å². The van der Waals surface area contributed by atoms with E-state index in [0.717, 1.165) is 36.3 Å². The summed E-state index contributed by atoms with van der Waals surface area (Å²) in [7, 11) is 3.32. The molecule has 2 aliphatic carbocycles. The summed E-state index contributed by atoms with van der Waals surface area (Å²) in [6.07, 6.45) is 8.08. The van der Waals surface area contributed by atoms with Crippen molar-refractivity contribution in [1.82, 2.24) is 0 Å². The first-order valence-corrected chi connectivity index (χ1v) is 10.4. The van der Waals surface area contributed by atoms with E-state index >= 15 is 0 Å². The fourth-order valence-corrected chi connectivity index (χ4v) is 6.33.